The Balaban J connectivity index is 2.13. The minimum Gasteiger partial charge on any atom is -0.371 e. The third-order valence-electron chi connectivity index (χ3n) is 7.17. The number of aryl methyl sites for hydroxylation is 2. The zero-order chi connectivity index (χ0) is 20.5. The minimum absolute atomic E-state index is 0.354. The summed E-state index contributed by atoms with van der Waals surface area (Å²) >= 11 is 0. The predicted octanol–water partition coefficient (Wildman–Crippen LogP) is 5.55. The second-order valence-corrected chi connectivity index (χ2v) is 8.27. The van der Waals surface area contributed by atoms with Crippen LogP contribution in [0.5, 0.6) is 0 Å². The van der Waals surface area contributed by atoms with Gasteiger partial charge < -0.3 is 4.84 Å². The molecule has 4 nitrogen and oxygen atoms in total. The number of benzene rings is 2. The summed E-state index contributed by atoms with van der Waals surface area (Å²) in [5.74, 6) is 0. The molecule has 4 rings (SSSR count). The molecular weight excluding hydrogens is 346 g/mol. The monoisotopic (exact) mass is 375 g/mol. The zero-order valence-corrected chi connectivity index (χ0v) is 18.5. The Morgan fingerprint density at radius 1 is 0.643 bits per heavy atom. The molecule has 0 fully saturated rings. The van der Waals surface area contributed by atoms with Gasteiger partial charge in [-0.25, -0.2) is 4.68 Å². The van der Waals surface area contributed by atoms with Crippen molar-refractivity contribution in [1.82, 2.24) is 9.78 Å². The largest absolute Gasteiger partial charge is 0.371 e. The molecule has 0 amide bonds. The van der Waals surface area contributed by atoms with Crippen LogP contribution in [0.2, 0.25) is 0 Å². The topological polar surface area (TPSA) is 39.4 Å². The highest BCUT2D eigenvalue weighted by molar-refractivity contribution is 6.20. The fourth-order valence-electron chi connectivity index (χ4n) is 4.55. The summed E-state index contributed by atoms with van der Waals surface area (Å²) in [6, 6.07) is 0. The van der Waals surface area contributed by atoms with Crippen LogP contribution in [0, 0.1) is 62.3 Å². The van der Waals surface area contributed by atoms with E-state index in [1.54, 1.807) is 0 Å². The first kappa shape index (κ1) is 18.7. The minimum atomic E-state index is 0.354. The second kappa shape index (κ2) is 6.20. The van der Waals surface area contributed by atoms with E-state index < -0.39 is 0 Å². The number of fused-ring (bicyclic) bond motifs is 3. The summed E-state index contributed by atoms with van der Waals surface area (Å²) in [5, 5.41) is 10.7. The van der Waals surface area contributed by atoms with Crippen LogP contribution in [-0.2, 0) is 11.6 Å². The highest BCUT2D eigenvalue weighted by Gasteiger charge is 2.29. The van der Waals surface area contributed by atoms with Crippen LogP contribution in [-0.4, -0.2) is 15.5 Å². The van der Waals surface area contributed by atoms with Crippen molar-refractivity contribution in [2.24, 2.45) is 5.16 Å². The molecule has 28 heavy (non-hydrogen) atoms. The Kier molecular flexibility index (Phi) is 4.14. The van der Waals surface area contributed by atoms with Crippen molar-refractivity contribution in [3.8, 4) is 0 Å². The van der Waals surface area contributed by atoms with Crippen molar-refractivity contribution in [1.29, 1.82) is 0 Å². The summed E-state index contributed by atoms with van der Waals surface area (Å²) in [4.78, 5) is 5.64. The number of hydrogen-bond acceptors (Lipinski definition) is 3. The first-order valence-electron chi connectivity index (χ1n) is 9.91. The Labute approximate surface area is 167 Å². The molecule has 1 aliphatic rings. The molecule has 0 saturated carbocycles. The van der Waals surface area contributed by atoms with Gasteiger partial charge in [0, 0.05) is 10.9 Å². The molecule has 1 aromatic heterocycles. The fraction of sp³-hybridized carbons (Fsp3) is 0.417. The molecule has 0 saturated heterocycles. The Morgan fingerprint density at radius 3 is 1.75 bits per heavy atom. The van der Waals surface area contributed by atoms with Crippen LogP contribution in [0.3, 0.4) is 0 Å². The van der Waals surface area contributed by atoms with Gasteiger partial charge in [-0.1, -0.05) is 5.16 Å². The van der Waals surface area contributed by atoms with Gasteiger partial charge in [0.25, 0.3) is 0 Å². The maximum Gasteiger partial charge on any atom is 0.209 e. The lowest BCUT2D eigenvalue weighted by Gasteiger charge is -2.22. The van der Waals surface area contributed by atoms with Crippen molar-refractivity contribution in [2.45, 2.75) is 69.0 Å². The molecule has 4 heteroatoms. The molecule has 3 aromatic rings. The lowest BCUT2D eigenvalue weighted by atomic mass is 9.85. The quantitative estimate of drug-likeness (QED) is 0.559. The van der Waals surface area contributed by atoms with E-state index in [0.717, 1.165) is 16.9 Å². The van der Waals surface area contributed by atoms with E-state index in [0.29, 0.717) is 6.73 Å². The molecule has 146 valence electrons. The summed E-state index contributed by atoms with van der Waals surface area (Å²) in [5.41, 5.74) is 15.9. The van der Waals surface area contributed by atoms with Gasteiger partial charge in [-0.05, 0) is 112 Å². The summed E-state index contributed by atoms with van der Waals surface area (Å²) < 4.78 is 1.98. The van der Waals surface area contributed by atoms with Gasteiger partial charge >= 0.3 is 0 Å². The SMILES string of the molecule is Cc1c(C)c(C)c(C2=NOCn3nc4c(C)c(C)c(C)c(C)c4c32)c(C)c1C. The van der Waals surface area contributed by atoms with E-state index in [1.165, 1.54) is 61.0 Å². The van der Waals surface area contributed by atoms with E-state index in [9.17, 15) is 0 Å². The summed E-state index contributed by atoms with van der Waals surface area (Å²) in [6.07, 6.45) is 0. The number of rotatable bonds is 1. The average Bonchev–Trinajstić information content (AvgIpc) is 3.08. The normalized spacial score (nSPS) is 13.5. The predicted molar refractivity (Wildman–Crippen MR) is 116 cm³/mol. The number of nitrogens with zero attached hydrogens (tertiary/aromatic N) is 3. The third-order valence-corrected chi connectivity index (χ3v) is 7.17. The maximum atomic E-state index is 5.64. The molecule has 0 bridgehead atoms. The lowest BCUT2D eigenvalue weighted by molar-refractivity contribution is 0.0681. The van der Waals surface area contributed by atoms with E-state index in [1.807, 2.05) is 4.68 Å². The summed E-state index contributed by atoms with van der Waals surface area (Å²) in [7, 11) is 0. The van der Waals surface area contributed by atoms with Gasteiger partial charge in [0.15, 0.2) is 0 Å². The van der Waals surface area contributed by atoms with Gasteiger partial charge in [-0.3, -0.25) is 0 Å². The lowest BCUT2D eigenvalue weighted by Crippen LogP contribution is -2.22. The molecule has 0 aliphatic carbocycles. The molecule has 1 aliphatic heterocycles. The van der Waals surface area contributed by atoms with Crippen molar-refractivity contribution < 1.29 is 4.84 Å². The van der Waals surface area contributed by atoms with Gasteiger partial charge in [0.2, 0.25) is 6.73 Å². The second-order valence-electron chi connectivity index (χ2n) is 8.27. The highest BCUT2D eigenvalue weighted by atomic mass is 16.6. The van der Waals surface area contributed by atoms with E-state index in [2.05, 4.69) is 67.5 Å². The molecule has 0 atom stereocenters. The average molecular weight is 376 g/mol. The molecule has 2 heterocycles. The van der Waals surface area contributed by atoms with Crippen LogP contribution < -0.4 is 0 Å². The van der Waals surface area contributed by atoms with Crippen LogP contribution in [0.15, 0.2) is 5.16 Å². The third kappa shape index (κ3) is 2.30. The Morgan fingerprint density at radius 2 is 1.14 bits per heavy atom. The van der Waals surface area contributed by atoms with Crippen molar-refractivity contribution in [3.05, 3.63) is 61.3 Å². The molecule has 0 unspecified atom stereocenters. The van der Waals surface area contributed by atoms with Gasteiger partial charge in [-0.2, -0.15) is 5.10 Å². The van der Waals surface area contributed by atoms with Crippen molar-refractivity contribution in [3.63, 3.8) is 0 Å². The van der Waals surface area contributed by atoms with Crippen LogP contribution in [0.4, 0.5) is 0 Å². The molecule has 0 spiro atoms. The van der Waals surface area contributed by atoms with E-state index >= 15 is 0 Å². The van der Waals surface area contributed by atoms with Crippen LogP contribution in [0.25, 0.3) is 10.9 Å². The first-order valence-corrected chi connectivity index (χ1v) is 9.91. The van der Waals surface area contributed by atoms with E-state index in [-0.39, 0.29) is 0 Å². The van der Waals surface area contributed by atoms with Gasteiger partial charge in [-0.15, -0.1) is 0 Å². The zero-order valence-electron chi connectivity index (χ0n) is 18.5. The highest BCUT2D eigenvalue weighted by Crippen LogP contribution is 2.36. The van der Waals surface area contributed by atoms with Gasteiger partial charge in [0.05, 0.1) is 5.52 Å². The number of aromatic nitrogens is 2. The van der Waals surface area contributed by atoms with E-state index in [4.69, 9.17) is 9.94 Å². The van der Waals surface area contributed by atoms with Crippen molar-refractivity contribution >= 4 is 16.6 Å². The maximum absolute atomic E-state index is 5.64. The van der Waals surface area contributed by atoms with Crippen LogP contribution >= 0.6 is 0 Å². The van der Waals surface area contributed by atoms with Gasteiger partial charge in [0.1, 0.15) is 11.4 Å². The molecule has 0 N–H and O–H groups in total. The number of oxime groups is 1. The first-order chi connectivity index (χ1) is 13.2. The fourth-order valence-corrected chi connectivity index (χ4v) is 4.55. The van der Waals surface area contributed by atoms with Crippen molar-refractivity contribution in [2.75, 3.05) is 0 Å². The molecule has 2 aromatic carbocycles. The van der Waals surface area contributed by atoms with Crippen LogP contribution in [0.1, 0.15) is 61.3 Å². The number of hydrogen-bond donors (Lipinski definition) is 0. The standard InChI is InChI=1S/C24H29N3O/c1-11-12(2)16(6)20(17(7)13(11)3)23-24-21-18(8)14(4)15(5)19(9)22(21)25-27(24)10-28-26-23/h10H2,1-9H3. The Bertz CT molecular complexity index is 1170. The summed E-state index contributed by atoms with van der Waals surface area (Å²) in [6.45, 7) is 20.1. The Hall–Kier alpha value is -2.62. The molecular formula is C24H29N3O. The smallest absolute Gasteiger partial charge is 0.209 e. The molecule has 0 radical (unpaired) electrons.